The zero-order chi connectivity index (χ0) is 17.5. The number of nitriles is 1. The molecule has 0 bridgehead atoms. The molecule has 3 N–H and O–H groups in total. The second-order valence-electron chi connectivity index (χ2n) is 4.37. The second-order valence-corrected chi connectivity index (χ2v) is 4.37. The second kappa shape index (κ2) is 8.14. The van der Waals surface area contributed by atoms with E-state index in [0.717, 1.165) is 19.5 Å². The van der Waals surface area contributed by atoms with Gasteiger partial charge in [0.25, 0.3) is 0 Å². The number of ether oxygens (including phenoxy) is 1. The van der Waals surface area contributed by atoms with E-state index in [1.54, 1.807) is 0 Å². The molecule has 1 saturated heterocycles. The molecular weight excluding hydrogens is 319 g/mol. The Kier molecular flexibility index (Phi) is 6.52. The summed E-state index contributed by atoms with van der Waals surface area (Å²) in [6, 6.07) is 2.32. The molecule has 126 valence electrons. The van der Waals surface area contributed by atoms with Gasteiger partial charge in [0.1, 0.15) is 11.6 Å². The van der Waals surface area contributed by atoms with Crippen molar-refractivity contribution in [3.63, 3.8) is 0 Å². The minimum Gasteiger partial charge on any atom is -0.480 e. The smallest absolute Gasteiger partial charge is 0.480 e. The van der Waals surface area contributed by atoms with Crippen molar-refractivity contribution in [1.29, 1.82) is 5.26 Å². The van der Waals surface area contributed by atoms with Gasteiger partial charge in [0.15, 0.2) is 0 Å². The number of methoxy groups -OCH3 is 1. The van der Waals surface area contributed by atoms with Crippen molar-refractivity contribution in [1.82, 2.24) is 15.3 Å². The lowest BCUT2D eigenvalue weighted by molar-refractivity contribution is -0.192. The normalized spacial score (nSPS) is 16.7. The quantitative estimate of drug-likeness (QED) is 0.742. The van der Waals surface area contributed by atoms with E-state index in [9.17, 15) is 13.2 Å². The number of anilines is 1. The molecule has 8 nitrogen and oxygen atoms in total. The molecule has 23 heavy (non-hydrogen) atoms. The van der Waals surface area contributed by atoms with Crippen molar-refractivity contribution < 1.29 is 27.8 Å². The van der Waals surface area contributed by atoms with E-state index in [4.69, 9.17) is 19.9 Å². The van der Waals surface area contributed by atoms with E-state index in [1.807, 2.05) is 6.07 Å². The van der Waals surface area contributed by atoms with Gasteiger partial charge >= 0.3 is 12.1 Å². The van der Waals surface area contributed by atoms with Crippen LogP contribution in [0.1, 0.15) is 12.0 Å². The molecule has 0 amide bonds. The van der Waals surface area contributed by atoms with Crippen LogP contribution in [0.4, 0.5) is 19.1 Å². The summed E-state index contributed by atoms with van der Waals surface area (Å²) in [7, 11) is 1.49. The number of aromatic nitrogens is 2. The van der Waals surface area contributed by atoms with E-state index >= 15 is 0 Å². The summed E-state index contributed by atoms with van der Waals surface area (Å²) >= 11 is 0. The Morgan fingerprint density at radius 1 is 1.61 bits per heavy atom. The Hall–Kier alpha value is -2.61. The van der Waals surface area contributed by atoms with E-state index in [-0.39, 0.29) is 0 Å². The number of aliphatic carboxylic acids is 1. The van der Waals surface area contributed by atoms with Crippen LogP contribution in [0.3, 0.4) is 0 Å². The van der Waals surface area contributed by atoms with Crippen molar-refractivity contribution >= 4 is 11.9 Å². The molecule has 1 fully saturated rings. The summed E-state index contributed by atoms with van der Waals surface area (Å²) in [6.45, 7) is 1.91. The minimum absolute atomic E-state index is 0.311. The maximum absolute atomic E-state index is 10.6. The fraction of sp³-hybridized carbons (Fsp3) is 0.500. The maximum Gasteiger partial charge on any atom is 0.490 e. The number of rotatable bonds is 3. The average molecular weight is 333 g/mol. The molecule has 1 aliphatic heterocycles. The van der Waals surface area contributed by atoms with Crippen molar-refractivity contribution in [2.45, 2.75) is 18.6 Å². The Morgan fingerprint density at radius 3 is 2.70 bits per heavy atom. The summed E-state index contributed by atoms with van der Waals surface area (Å²) in [6.07, 6.45) is -2.57. The van der Waals surface area contributed by atoms with Crippen LogP contribution < -0.4 is 15.4 Å². The first-order valence-corrected chi connectivity index (χ1v) is 6.36. The third kappa shape index (κ3) is 5.95. The third-order valence-corrected chi connectivity index (χ3v) is 2.70. The molecular formula is C12H14F3N5O3. The van der Waals surface area contributed by atoms with Crippen LogP contribution in [0, 0.1) is 11.3 Å². The van der Waals surface area contributed by atoms with Gasteiger partial charge in [-0.1, -0.05) is 0 Å². The minimum atomic E-state index is -5.08. The summed E-state index contributed by atoms with van der Waals surface area (Å²) < 4.78 is 36.7. The van der Waals surface area contributed by atoms with Crippen LogP contribution in [0.5, 0.6) is 5.88 Å². The van der Waals surface area contributed by atoms with E-state index in [2.05, 4.69) is 20.6 Å². The highest BCUT2D eigenvalue weighted by Crippen LogP contribution is 2.16. The Morgan fingerprint density at radius 2 is 2.26 bits per heavy atom. The topological polar surface area (TPSA) is 120 Å². The Bertz CT molecular complexity index is 582. The van der Waals surface area contributed by atoms with Crippen LogP contribution in [0.2, 0.25) is 0 Å². The van der Waals surface area contributed by atoms with Crippen molar-refractivity contribution in [2.75, 3.05) is 25.5 Å². The zero-order valence-corrected chi connectivity index (χ0v) is 12.0. The van der Waals surface area contributed by atoms with E-state index < -0.39 is 12.1 Å². The van der Waals surface area contributed by atoms with E-state index in [1.165, 1.54) is 13.3 Å². The fourth-order valence-electron chi connectivity index (χ4n) is 1.63. The highest BCUT2D eigenvalue weighted by Gasteiger charge is 2.38. The molecule has 11 heteroatoms. The van der Waals surface area contributed by atoms with Crippen LogP contribution in [0.15, 0.2) is 6.20 Å². The van der Waals surface area contributed by atoms with Gasteiger partial charge in [0.05, 0.1) is 13.3 Å². The number of carboxylic acid groups (broad SMARTS) is 1. The molecule has 0 aromatic carbocycles. The molecule has 1 atom stereocenters. The largest absolute Gasteiger partial charge is 0.490 e. The summed E-state index contributed by atoms with van der Waals surface area (Å²) in [5.41, 5.74) is 0.345. The maximum atomic E-state index is 10.6. The summed E-state index contributed by atoms with van der Waals surface area (Å²) in [4.78, 5) is 17.1. The van der Waals surface area contributed by atoms with Crippen LogP contribution in [-0.4, -0.2) is 53.5 Å². The zero-order valence-electron chi connectivity index (χ0n) is 12.0. The number of halogens is 3. The lowest BCUT2D eigenvalue weighted by Gasteiger charge is -2.11. The predicted octanol–water partition coefficient (Wildman–Crippen LogP) is 0.764. The van der Waals surface area contributed by atoms with Gasteiger partial charge in [0.2, 0.25) is 11.8 Å². The molecule has 0 saturated carbocycles. The molecule has 0 aliphatic carbocycles. The third-order valence-electron chi connectivity index (χ3n) is 2.70. The number of nitrogens with zero attached hydrogens (tertiary/aromatic N) is 3. The predicted molar refractivity (Wildman–Crippen MR) is 71.9 cm³/mol. The van der Waals surface area contributed by atoms with Crippen LogP contribution >= 0.6 is 0 Å². The highest BCUT2D eigenvalue weighted by molar-refractivity contribution is 5.73. The van der Waals surface area contributed by atoms with Crippen molar-refractivity contribution in [3.05, 3.63) is 11.8 Å². The highest BCUT2D eigenvalue weighted by atomic mass is 19.4. The van der Waals surface area contributed by atoms with E-state index in [0.29, 0.717) is 23.4 Å². The molecule has 1 aromatic heterocycles. The van der Waals surface area contributed by atoms with Gasteiger partial charge < -0.3 is 20.5 Å². The molecule has 1 aromatic rings. The van der Waals surface area contributed by atoms with Crippen molar-refractivity contribution in [2.24, 2.45) is 0 Å². The molecule has 0 radical (unpaired) electrons. The van der Waals surface area contributed by atoms with Gasteiger partial charge in [-0.3, -0.25) is 0 Å². The number of carbonyl (C=O) groups is 1. The first kappa shape index (κ1) is 18.4. The van der Waals surface area contributed by atoms with Crippen LogP contribution in [0.25, 0.3) is 0 Å². The summed E-state index contributed by atoms with van der Waals surface area (Å²) in [5, 5.41) is 22.3. The Balaban J connectivity index is 0.000000322. The van der Waals surface area contributed by atoms with Gasteiger partial charge in [-0.15, -0.1) is 0 Å². The monoisotopic (exact) mass is 333 g/mol. The van der Waals surface area contributed by atoms with Crippen molar-refractivity contribution in [3.8, 4) is 11.9 Å². The lowest BCUT2D eigenvalue weighted by Crippen LogP contribution is -2.23. The molecule has 0 spiro atoms. The molecule has 1 aliphatic rings. The number of hydrogen-bond acceptors (Lipinski definition) is 7. The van der Waals surface area contributed by atoms with Gasteiger partial charge in [-0.2, -0.15) is 23.4 Å². The number of alkyl halides is 3. The molecule has 2 rings (SSSR count). The lowest BCUT2D eigenvalue weighted by atomic mass is 10.3. The van der Waals surface area contributed by atoms with Gasteiger partial charge in [0, 0.05) is 12.6 Å². The Labute approximate surface area is 129 Å². The van der Waals surface area contributed by atoms with Gasteiger partial charge in [-0.25, -0.2) is 9.78 Å². The number of hydrogen-bond donors (Lipinski definition) is 3. The standard InChI is InChI=1S/C10H13N5O.C2HF3O2/c1-16-9-7(4-11)5-13-10(15-9)14-8-2-3-12-6-8;3-2(4,5)1(6)7/h5,8,12H,2-3,6H2,1H3,(H,13,14,15);(H,6,7). The first-order valence-electron chi connectivity index (χ1n) is 6.36. The molecule has 1 unspecified atom stereocenters. The fourth-order valence-corrected chi connectivity index (χ4v) is 1.63. The van der Waals surface area contributed by atoms with Gasteiger partial charge in [-0.05, 0) is 13.0 Å². The number of nitrogens with one attached hydrogen (secondary N) is 2. The number of carboxylic acids is 1. The summed E-state index contributed by atoms with van der Waals surface area (Å²) in [5.74, 6) is -1.94. The average Bonchev–Trinajstić information content (AvgIpc) is 2.99. The SMILES string of the molecule is COc1nc(NC2CCNC2)ncc1C#N.O=C(O)C(F)(F)F. The molecule has 2 heterocycles. The first-order chi connectivity index (χ1) is 10.8. The van der Waals surface area contributed by atoms with Crippen LogP contribution in [-0.2, 0) is 4.79 Å².